The summed E-state index contributed by atoms with van der Waals surface area (Å²) < 4.78 is 33.8. The summed E-state index contributed by atoms with van der Waals surface area (Å²) in [6, 6.07) is 6.40. The van der Waals surface area contributed by atoms with Crippen LogP contribution in [-0.2, 0) is 32.5 Å². The van der Waals surface area contributed by atoms with Gasteiger partial charge in [-0.1, -0.05) is 6.07 Å². The Balaban J connectivity index is 1.55. The molecule has 1 aliphatic heterocycles. The van der Waals surface area contributed by atoms with Gasteiger partial charge in [0.25, 0.3) is 10.0 Å². The molecule has 0 aliphatic carbocycles. The van der Waals surface area contributed by atoms with Gasteiger partial charge in [0.05, 0.1) is 22.7 Å². The zero-order valence-electron chi connectivity index (χ0n) is 21.0. The molecule has 198 valence electrons. The fraction of sp³-hybridized carbons (Fsp3) is 0.440. The second-order valence-corrected chi connectivity index (χ2v) is 11.7. The second-order valence-electron chi connectivity index (χ2n) is 9.91. The van der Waals surface area contributed by atoms with Crippen LogP contribution in [0.2, 0.25) is 0 Å². The number of aliphatic carboxylic acids is 1. The van der Waals surface area contributed by atoms with E-state index >= 15 is 0 Å². The Morgan fingerprint density at radius 3 is 2.73 bits per heavy atom. The van der Waals surface area contributed by atoms with Crippen molar-refractivity contribution in [2.75, 3.05) is 13.1 Å². The highest BCUT2D eigenvalue weighted by Crippen LogP contribution is 2.27. The Labute approximate surface area is 215 Å². The summed E-state index contributed by atoms with van der Waals surface area (Å²) >= 11 is 0. The van der Waals surface area contributed by atoms with Crippen LogP contribution in [0.5, 0.6) is 0 Å². The van der Waals surface area contributed by atoms with Gasteiger partial charge in [0.15, 0.2) is 5.65 Å². The van der Waals surface area contributed by atoms with Crippen LogP contribution >= 0.6 is 0 Å². The lowest BCUT2D eigenvalue weighted by molar-refractivity contribution is -0.143. The van der Waals surface area contributed by atoms with Crippen molar-refractivity contribution in [3.63, 3.8) is 0 Å². The molecule has 4 rings (SSSR count). The van der Waals surface area contributed by atoms with Crippen molar-refractivity contribution in [1.82, 2.24) is 18.8 Å². The van der Waals surface area contributed by atoms with Crippen molar-refractivity contribution in [3.05, 3.63) is 53.5 Å². The maximum Gasteiger partial charge on any atom is 0.410 e. The number of piperidine rings is 1. The van der Waals surface area contributed by atoms with Crippen LogP contribution in [0.25, 0.3) is 11.2 Å². The molecule has 0 spiro atoms. The molecule has 0 radical (unpaired) electrons. The quantitative estimate of drug-likeness (QED) is 0.469. The third kappa shape index (κ3) is 5.59. The van der Waals surface area contributed by atoms with Gasteiger partial charge in [-0.3, -0.25) is 4.79 Å². The molecule has 1 aromatic carbocycles. The Hall–Kier alpha value is -3.51. The number of hydrogen-bond acceptors (Lipinski definition) is 8. The number of aryl methyl sites for hydroxylation is 1. The number of aromatic nitrogens is 3. The van der Waals surface area contributed by atoms with Crippen LogP contribution in [0, 0.1) is 12.8 Å². The topological polar surface area (TPSA) is 158 Å². The predicted molar refractivity (Wildman–Crippen MR) is 135 cm³/mol. The largest absolute Gasteiger partial charge is 0.481 e. The number of amides is 1. The van der Waals surface area contributed by atoms with Crippen molar-refractivity contribution in [3.8, 4) is 0 Å². The monoisotopic (exact) mass is 529 g/mol. The van der Waals surface area contributed by atoms with Crippen LogP contribution in [0.15, 0.2) is 41.6 Å². The first-order valence-electron chi connectivity index (χ1n) is 12.0. The van der Waals surface area contributed by atoms with E-state index in [2.05, 4.69) is 9.97 Å². The number of benzene rings is 1. The van der Waals surface area contributed by atoms with Gasteiger partial charge in [0.2, 0.25) is 0 Å². The number of rotatable bonds is 7. The highest BCUT2D eigenvalue weighted by Gasteiger charge is 2.33. The molecule has 1 saturated heterocycles. The first-order valence-corrected chi connectivity index (χ1v) is 13.4. The lowest BCUT2D eigenvalue weighted by atomic mass is 9.95. The summed E-state index contributed by atoms with van der Waals surface area (Å²) in [6.45, 7) is 6.09. The number of hydrogen-bond donors (Lipinski definition) is 2. The SMILES string of the molecule is Cc1ccc(S(=O)(=O)n2ccc3nc(CN)cnc32)cc1CC(C)(C)OC(=O)N1CCC[C@@H](C(=O)O)C1. The molecule has 0 unspecified atom stereocenters. The normalized spacial score (nSPS) is 16.6. The Morgan fingerprint density at radius 2 is 2.03 bits per heavy atom. The third-order valence-electron chi connectivity index (χ3n) is 6.50. The standard InChI is InChI=1S/C25H31N5O6S/c1-16-6-7-20(37(34,35)30-10-8-21-22(30)27-14-19(13-26)28-21)11-18(16)12-25(2,3)36-24(33)29-9-4-5-17(15-29)23(31)32/h6-8,10-11,14,17H,4-5,9,12-13,15,26H2,1-3H3,(H,31,32)/t17-/m1/s1. The Kier molecular flexibility index (Phi) is 7.24. The van der Waals surface area contributed by atoms with E-state index in [0.717, 1.165) is 9.54 Å². The van der Waals surface area contributed by atoms with Crippen molar-refractivity contribution in [1.29, 1.82) is 0 Å². The minimum atomic E-state index is -3.98. The van der Waals surface area contributed by atoms with Gasteiger partial charge in [-0.2, -0.15) is 0 Å². The van der Waals surface area contributed by atoms with E-state index in [1.165, 1.54) is 23.4 Å². The first-order chi connectivity index (χ1) is 17.4. The van der Waals surface area contributed by atoms with Crippen molar-refractivity contribution < 1.29 is 27.9 Å². The summed E-state index contributed by atoms with van der Waals surface area (Å²) in [5.74, 6) is -1.53. The molecular formula is C25H31N5O6S. The van der Waals surface area contributed by atoms with Gasteiger partial charge >= 0.3 is 12.1 Å². The molecule has 1 amide bonds. The van der Waals surface area contributed by atoms with Crippen LogP contribution < -0.4 is 5.73 Å². The number of likely N-dealkylation sites (tertiary alicyclic amines) is 1. The van der Waals surface area contributed by atoms with Gasteiger partial charge in [-0.25, -0.2) is 27.2 Å². The zero-order valence-corrected chi connectivity index (χ0v) is 21.9. The van der Waals surface area contributed by atoms with Gasteiger partial charge in [0, 0.05) is 32.3 Å². The molecular weight excluding hydrogens is 498 g/mol. The molecule has 0 saturated carbocycles. The summed E-state index contributed by atoms with van der Waals surface area (Å²) in [7, 11) is -3.98. The van der Waals surface area contributed by atoms with Crippen LogP contribution in [0.3, 0.4) is 0 Å². The molecule has 12 heteroatoms. The fourth-order valence-electron chi connectivity index (χ4n) is 4.47. The summed E-state index contributed by atoms with van der Waals surface area (Å²) in [5.41, 5.74) is 7.38. The molecule has 1 aliphatic rings. The maximum absolute atomic E-state index is 13.5. The molecule has 1 fully saturated rings. The van der Waals surface area contributed by atoms with Crippen molar-refractivity contribution >= 4 is 33.2 Å². The van der Waals surface area contributed by atoms with E-state index in [1.54, 1.807) is 32.0 Å². The van der Waals surface area contributed by atoms with Gasteiger partial charge in [-0.15, -0.1) is 0 Å². The minimum absolute atomic E-state index is 0.0674. The molecule has 3 heterocycles. The lowest BCUT2D eigenvalue weighted by Gasteiger charge is -2.34. The Bertz CT molecular complexity index is 1450. The van der Waals surface area contributed by atoms with E-state index in [1.807, 2.05) is 6.92 Å². The van der Waals surface area contributed by atoms with E-state index < -0.39 is 33.6 Å². The molecule has 11 nitrogen and oxygen atoms in total. The second kappa shape index (κ2) is 10.1. The van der Waals surface area contributed by atoms with Crippen molar-refractivity contribution in [2.24, 2.45) is 11.7 Å². The van der Waals surface area contributed by atoms with Gasteiger partial charge in [0.1, 0.15) is 11.1 Å². The third-order valence-corrected chi connectivity index (χ3v) is 8.16. The van der Waals surface area contributed by atoms with E-state index in [9.17, 15) is 23.1 Å². The Morgan fingerprint density at radius 1 is 1.27 bits per heavy atom. The average molecular weight is 530 g/mol. The maximum atomic E-state index is 13.5. The van der Waals surface area contributed by atoms with Gasteiger partial charge < -0.3 is 20.5 Å². The van der Waals surface area contributed by atoms with E-state index in [4.69, 9.17) is 10.5 Å². The number of carboxylic acids is 1. The number of nitrogens with two attached hydrogens (primary N) is 1. The molecule has 2 aromatic heterocycles. The van der Waals surface area contributed by atoms with Crippen LogP contribution in [0.1, 0.15) is 43.5 Å². The smallest absolute Gasteiger partial charge is 0.410 e. The molecule has 3 aromatic rings. The number of fused-ring (bicyclic) bond motifs is 1. The minimum Gasteiger partial charge on any atom is -0.481 e. The van der Waals surface area contributed by atoms with Crippen molar-refractivity contribution in [2.45, 2.75) is 57.1 Å². The summed E-state index contributed by atoms with van der Waals surface area (Å²) in [5, 5.41) is 9.30. The predicted octanol–water partition coefficient (Wildman–Crippen LogP) is 2.69. The average Bonchev–Trinajstić information content (AvgIpc) is 3.29. The summed E-state index contributed by atoms with van der Waals surface area (Å²) in [4.78, 5) is 34.2. The molecule has 1 atom stereocenters. The number of nitrogens with zero attached hydrogens (tertiary/aromatic N) is 4. The van der Waals surface area contributed by atoms with Crippen LogP contribution in [0.4, 0.5) is 4.79 Å². The van der Waals surface area contributed by atoms with E-state index in [0.29, 0.717) is 36.2 Å². The number of carbonyl (C=O) groups excluding carboxylic acids is 1. The van der Waals surface area contributed by atoms with Crippen LogP contribution in [-0.4, -0.2) is 63.1 Å². The summed E-state index contributed by atoms with van der Waals surface area (Å²) in [6.07, 6.45) is 3.67. The zero-order chi connectivity index (χ0) is 27.0. The number of ether oxygens (including phenoxy) is 1. The van der Waals surface area contributed by atoms with E-state index in [-0.39, 0.29) is 30.1 Å². The first kappa shape index (κ1) is 26.6. The van der Waals surface area contributed by atoms with Gasteiger partial charge in [-0.05, 0) is 62.9 Å². The fourth-order valence-corrected chi connectivity index (χ4v) is 5.82. The lowest BCUT2D eigenvalue weighted by Crippen LogP contribution is -2.45. The highest BCUT2D eigenvalue weighted by molar-refractivity contribution is 7.90. The molecule has 0 bridgehead atoms. The highest BCUT2D eigenvalue weighted by atomic mass is 32.2. The molecule has 3 N–H and O–H groups in total. The molecule has 37 heavy (non-hydrogen) atoms. The number of carbonyl (C=O) groups is 2. The number of carboxylic acid groups (broad SMARTS) is 1.